The third-order valence-electron chi connectivity index (χ3n) is 4.13. The number of carbonyl (C=O) groups excluding carboxylic acids is 1. The fourth-order valence-corrected chi connectivity index (χ4v) is 3.11. The highest BCUT2D eigenvalue weighted by Gasteiger charge is 2.56. The molecule has 0 aromatic heterocycles. The lowest BCUT2D eigenvalue weighted by molar-refractivity contribution is -0.138. The molecule has 4 heteroatoms. The minimum atomic E-state index is -0.810. The van der Waals surface area contributed by atoms with E-state index in [4.69, 9.17) is 5.11 Å². The number of hydrogen-bond donors (Lipinski definition) is 2. The molecule has 2 saturated carbocycles. The van der Waals surface area contributed by atoms with E-state index in [0.29, 0.717) is 18.3 Å². The number of rotatable bonds is 5. The molecule has 1 amide bonds. The van der Waals surface area contributed by atoms with Crippen LogP contribution in [0.3, 0.4) is 0 Å². The van der Waals surface area contributed by atoms with E-state index in [-0.39, 0.29) is 18.2 Å². The standard InChI is InChI=1S/C13H21NO3/c1-13(2,7-6-10(15)16)14-12(17)11-8-4-3-5-9(8)11/h8-9,11H,3-7H2,1-2H3,(H,14,17)(H,15,16). The zero-order chi connectivity index (χ0) is 12.6. The Morgan fingerprint density at radius 1 is 1.29 bits per heavy atom. The van der Waals surface area contributed by atoms with Gasteiger partial charge in [-0.2, -0.15) is 0 Å². The number of aliphatic carboxylic acids is 1. The van der Waals surface area contributed by atoms with Gasteiger partial charge < -0.3 is 10.4 Å². The molecule has 4 nitrogen and oxygen atoms in total. The Hall–Kier alpha value is -1.06. The summed E-state index contributed by atoms with van der Waals surface area (Å²) in [6, 6.07) is 0. The van der Waals surface area contributed by atoms with E-state index < -0.39 is 11.5 Å². The molecule has 96 valence electrons. The Bertz CT molecular complexity index is 328. The van der Waals surface area contributed by atoms with Crippen LogP contribution in [0.2, 0.25) is 0 Å². The van der Waals surface area contributed by atoms with Gasteiger partial charge in [0.2, 0.25) is 5.91 Å². The quantitative estimate of drug-likeness (QED) is 0.768. The van der Waals surface area contributed by atoms with Crippen LogP contribution in [-0.2, 0) is 9.59 Å². The van der Waals surface area contributed by atoms with Gasteiger partial charge in [0.1, 0.15) is 0 Å². The number of hydrogen-bond acceptors (Lipinski definition) is 2. The largest absolute Gasteiger partial charge is 0.481 e. The predicted molar refractivity (Wildman–Crippen MR) is 63.4 cm³/mol. The number of fused-ring (bicyclic) bond motifs is 1. The summed E-state index contributed by atoms with van der Waals surface area (Å²) in [5.74, 6) is 0.772. The third-order valence-corrected chi connectivity index (χ3v) is 4.13. The fourth-order valence-electron chi connectivity index (χ4n) is 3.11. The lowest BCUT2D eigenvalue weighted by Crippen LogP contribution is -2.45. The summed E-state index contributed by atoms with van der Waals surface area (Å²) in [6.07, 6.45) is 4.24. The van der Waals surface area contributed by atoms with Gasteiger partial charge in [-0.15, -0.1) is 0 Å². The molecule has 2 aliphatic carbocycles. The number of carbonyl (C=O) groups is 2. The van der Waals surface area contributed by atoms with E-state index in [1.165, 1.54) is 19.3 Å². The van der Waals surface area contributed by atoms with Crippen LogP contribution < -0.4 is 5.32 Å². The van der Waals surface area contributed by atoms with Gasteiger partial charge in [0.25, 0.3) is 0 Å². The van der Waals surface area contributed by atoms with Crippen molar-refractivity contribution >= 4 is 11.9 Å². The van der Waals surface area contributed by atoms with E-state index in [1.807, 2.05) is 13.8 Å². The normalized spacial score (nSPS) is 30.8. The van der Waals surface area contributed by atoms with Crippen molar-refractivity contribution in [2.24, 2.45) is 17.8 Å². The lowest BCUT2D eigenvalue weighted by Gasteiger charge is -2.26. The highest BCUT2D eigenvalue weighted by molar-refractivity contribution is 5.83. The zero-order valence-corrected chi connectivity index (χ0v) is 10.5. The second-order valence-electron chi connectivity index (χ2n) is 6.05. The van der Waals surface area contributed by atoms with Crippen LogP contribution in [0.1, 0.15) is 46.0 Å². The monoisotopic (exact) mass is 239 g/mol. The van der Waals surface area contributed by atoms with E-state index >= 15 is 0 Å². The van der Waals surface area contributed by atoms with Crippen LogP contribution in [0.15, 0.2) is 0 Å². The van der Waals surface area contributed by atoms with E-state index in [0.717, 1.165) is 0 Å². The summed E-state index contributed by atoms with van der Waals surface area (Å²) >= 11 is 0. The summed E-state index contributed by atoms with van der Waals surface area (Å²) < 4.78 is 0. The van der Waals surface area contributed by atoms with Crippen molar-refractivity contribution in [3.05, 3.63) is 0 Å². The van der Waals surface area contributed by atoms with Gasteiger partial charge in [-0.25, -0.2) is 0 Å². The molecule has 2 atom stereocenters. The first-order valence-corrected chi connectivity index (χ1v) is 6.44. The van der Waals surface area contributed by atoms with Gasteiger partial charge in [-0.05, 0) is 44.9 Å². The van der Waals surface area contributed by atoms with Crippen LogP contribution >= 0.6 is 0 Å². The van der Waals surface area contributed by atoms with Crippen molar-refractivity contribution < 1.29 is 14.7 Å². The third kappa shape index (κ3) is 2.79. The van der Waals surface area contributed by atoms with E-state index in [2.05, 4.69) is 5.32 Å². The molecule has 0 heterocycles. The maximum atomic E-state index is 12.0. The first-order chi connectivity index (χ1) is 7.91. The molecule has 17 heavy (non-hydrogen) atoms. The maximum Gasteiger partial charge on any atom is 0.303 e. The molecule has 0 aliphatic heterocycles. The zero-order valence-electron chi connectivity index (χ0n) is 10.5. The molecular weight excluding hydrogens is 218 g/mol. The second-order valence-corrected chi connectivity index (χ2v) is 6.05. The minimum absolute atomic E-state index is 0.102. The molecule has 2 fully saturated rings. The number of carboxylic acid groups (broad SMARTS) is 1. The maximum absolute atomic E-state index is 12.0. The van der Waals surface area contributed by atoms with Crippen LogP contribution in [-0.4, -0.2) is 22.5 Å². The molecule has 0 radical (unpaired) electrons. The summed E-state index contributed by atoms with van der Waals surface area (Å²) in [4.78, 5) is 22.5. The topological polar surface area (TPSA) is 66.4 Å². The Morgan fingerprint density at radius 2 is 1.88 bits per heavy atom. The van der Waals surface area contributed by atoms with Gasteiger partial charge in [-0.3, -0.25) is 9.59 Å². The SMILES string of the molecule is CC(C)(CCC(=O)O)NC(=O)C1C2CCCC21. The van der Waals surface area contributed by atoms with Gasteiger partial charge in [0.05, 0.1) is 0 Å². The lowest BCUT2D eigenvalue weighted by atomic mass is 9.97. The fraction of sp³-hybridized carbons (Fsp3) is 0.846. The molecular formula is C13H21NO3. The molecule has 0 saturated heterocycles. The summed E-state index contributed by atoms with van der Waals surface area (Å²) in [7, 11) is 0. The van der Waals surface area contributed by atoms with Crippen molar-refractivity contribution in [3.63, 3.8) is 0 Å². The average molecular weight is 239 g/mol. The Labute approximate surface area is 102 Å². The number of amides is 1. The van der Waals surface area contributed by atoms with Gasteiger partial charge in [-0.1, -0.05) is 6.42 Å². The van der Waals surface area contributed by atoms with E-state index in [9.17, 15) is 9.59 Å². The van der Waals surface area contributed by atoms with Crippen LogP contribution in [0.5, 0.6) is 0 Å². The van der Waals surface area contributed by atoms with Crippen molar-refractivity contribution in [2.75, 3.05) is 0 Å². The molecule has 2 unspecified atom stereocenters. The van der Waals surface area contributed by atoms with Gasteiger partial charge in [0.15, 0.2) is 0 Å². The first kappa shape index (κ1) is 12.4. The molecule has 0 aromatic rings. The predicted octanol–water partition coefficient (Wildman–Crippen LogP) is 1.79. The van der Waals surface area contributed by atoms with Gasteiger partial charge in [0, 0.05) is 17.9 Å². The summed E-state index contributed by atoms with van der Waals surface area (Å²) in [5.41, 5.74) is -0.410. The van der Waals surface area contributed by atoms with Crippen molar-refractivity contribution in [2.45, 2.75) is 51.5 Å². The van der Waals surface area contributed by atoms with E-state index in [1.54, 1.807) is 0 Å². The smallest absolute Gasteiger partial charge is 0.303 e. The number of nitrogens with one attached hydrogen (secondary N) is 1. The van der Waals surface area contributed by atoms with Crippen LogP contribution in [0.25, 0.3) is 0 Å². The Morgan fingerprint density at radius 3 is 2.41 bits per heavy atom. The highest BCUT2D eigenvalue weighted by atomic mass is 16.4. The average Bonchev–Trinajstić information content (AvgIpc) is 2.71. The summed E-state index contributed by atoms with van der Waals surface area (Å²) in [6.45, 7) is 3.79. The van der Waals surface area contributed by atoms with Crippen molar-refractivity contribution in [1.82, 2.24) is 5.32 Å². The molecule has 0 bridgehead atoms. The number of carboxylic acids is 1. The highest BCUT2D eigenvalue weighted by Crippen LogP contribution is 2.57. The first-order valence-electron chi connectivity index (χ1n) is 6.44. The second kappa shape index (κ2) is 4.31. The Balaban J connectivity index is 1.79. The molecule has 0 aromatic carbocycles. The van der Waals surface area contributed by atoms with Crippen LogP contribution in [0, 0.1) is 17.8 Å². The molecule has 0 spiro atoms. The molecule has 2 rings (SSSR count). The molecule has 2 N–H and O–H groups in total. The van der Waals surface area contributed by atoms with Gasteiger partial charge >= 0.3 is 5.97 Å². The Kier molecular flexibility index (Phi) is 3.15. The van der Waals surface area contributed by atoms with Crippen LogP contribution in [0.4, 0.5) is 0 Å². The van der Waals surface area contributed by atoms with Crippen molar-refractivity contribution in [3.8, 4) is 0 Å². The molecule has 2 aliphatic rings. The minimum Gasteiger partial charge on any atom is -0.481 e. The van der Waals surface area contributed by atoms with Crippen molar-refractivity contribution in [1.29, 1.82) is 0 Å². The summed E-state index contributed by atoms with van der Waals surface area (Å²) in [5, 5.41) is 11.7.